The first-order valence-electron chi connectivity index (χ1n) is 9.24. The second-order valence-corrected chi connectivity index (χ2v) is 7.07. The number of nitrogens with zero attached hydrogens (tertiary/aromatic N) is 5. The van der Waals surface area contributed by atoms with Crippen molar-refractivity contribution in [3.63, 3.8) is 0 Å². The average Bonchev–Trinajstić information content (AvgIpc) is 3.07. The van der Waals surface area contributed by atoms with Crippen LogP contribution >= 0.6 is 0 Å². The van der Waals surface area contributed by atoms with Gasteiger partial charge < -0.3 is 15.4 Å². The van der Waals surface area contributed by atoms with Crippen molar-refractivity contribution in [3.8, 4) is 11.4 Å². The van der Waals surface area contributed by atoms with Crippen molar-refractivity contribution in [2.75, 3.05) is 31.6 Å². The lowest BCUT2D eigenvalue weighted by Gasteiger charge is -2.27. The van der Waals surface area contributed by atoms with Gasteiger partial charge in [-0.25, -0.2) is 23.7 Å². The molecule has 2 aliphatic rings. The van der Waals surface area contributed by atoms with Gasteiger partial charge in [-0.15, -0.1) is 0 Å². The molecule has 2 aliphatic heterocycles. The third kappa shape index (κ3) is 3.08. The largest absolute Gasteiger partial charge is 0.380 e. The number of piperidine rings is 1. The number of imidazole rings is 1. The molecule has 5 heterocycles. The zero-order valence-corrected chi connectivity index (χ0v) is 15.0. The third-order valence-corrected chi connectivity index (χ3v) is 5.17. The first-order valence-corrected chi connectivity index (χ1v) is 9.24. The van der Waals surface area contributed by atoms with E-state index in [1.165, 1.54) is 0 Å². The minimum atomic E-state index is -1.01. The van der Waals surface area contributed by atoms with Crippen LogP contribution in [-0.4, -0.2) is 62.9 Å². The number of anilines is 1. The highest BCUT2D eigenvalue weighted by Crippen LogP contribution is 2.26. The second-order valence-electron chi connectivity index (χ2n) is 7.07. The normalized spacial score (nSPS) is 22.9. The Labute approximate surface area is 159 Å². The molecule has 10 heteroatoms. The molecular weight excluding hydrogens is 368 g/mol. The molecule has 3 aromatic rings. The molecular formula is C18H19F2N7O. The van der Waals surface area contributed by atoms with Crippen LogP contribution in [0.15, 0.2) is 24.8 Å². The maximum atomic E-state index is 14.5. The lowest BCUT2D eigenvalue weighted by atomic mass is 10.1. The van der Waals surface area contributed by atoms with Crippen LogP contribution in [0, 0.1) is 5.82 Å². The third-order valence-electron chi connectivity index (χ3n) is 5.17. The van der Waals surface area contributed by atoms with Gasteiger partial charge in [-0.3, -0.25) is 9.38 Å². The van der Waals surface area contributed by atoms with Gasteiger partial charge in [0, 0.05) is 18.7 Å². The first kappa shape index (κ1) is 17.4. The van der Waals surface area contributed by atoms with Gasteiger partial charge in [0.15, 0.2) is 11.5 Å². The molecule has 0 aromatic carbocycles. The predicted octanol–water partition coefficient (Wildman–Crippen LogP) is 1.55. The van der Waals surface area contributed by atoms with Crippen LogP contribution in [0.3, 0.4) is 0 Å². The van der Waals surface area contributed by atoms with E-state index < -0.39 is 18.0 Å². The van der Waals surface area contributed by atoms with Gasteiger partial charge in [0.2, 0.25) is 5.95 Å². The Morgan fingerprint density at radius 3 is 2.86 bits per heavy atom. The molecule has 0 radical (unpaired) electrons. The first-order chi connectivity index (χ1) is 13.7. The standard InChI is InChI=1S/C18H19F2N7O/c19-11-1-2-21-4-13(11)25-18-24-3-12(20)17(26-18)15-5-23-16-6-22-14(7-27(15)16)10-8-28-9-10/h3,5-7,10-11,13,21H,1-2,4,8-9H2,(H,24,25,26). The summed E-state index contributed by atoms with van der Waals surface area (Å²) in [6.07, 6.45) is 5.54. The Balaban J connectivity index is 1.50. The molecule has 5 rings (SSSR count). The van der Waals surface area contributed by atoms with Crippen molar-refractivity contribution >= 4 is 11.6 Å². The Morgan fingerprint density at radius 1 is 1.18 bits per heavy atom. The summed E-state index contributed by atoms with van der Waals surface area (Å²) in [7, 11) is 0. The molecule has 28 heavy (non-hydrogen) atoms. The number of halogens is 2. The van der Waals surface area contributed by atoms with Crippen LogP contribution in [0.1, 0.15) is 18.0 Å². The SMILES string of the molecule is Fc1cnc(NC2CNCCC2F)nc1-c1cnc2cnc(C3COC3)cn12. The number of ether oxygens (including phenoxy) is 1. The molecule has 0 amide bonds. The maximum Gasteiger partial charge on any atom is 0.223 e. The quantitative estimate of drug-likeness (QED) is 0.702. The minimum absolute atomic E-state index is 0.103. The highest BCUT2D eigenvalue weighted by atomic mass is 19.1. The molecule has 3 aromatic heterocycles. The number of nitrogens with one attached hydrogen (secondary N) is 2. The smallest absolute Gasteiger partial charge is 0.223 e. The monoisotopic (exact) mass is 387 g/mol. The molecule has 0 saturated carbocycles. The fourth-order valence-electron chi connectivity index (χ4n) is 3.45. The molecule has 0 spiro atoms. The highest BCUT2D eigenvalue weighted by Gasteiger charge is 2.26. The van der Waals surface area contributed by atoms with Crippen LogP contribution in [-0.2, 0) is 4.74 Å². The molecule has 2 N–H and O–H groups in total. The number of fused-ring (bicyclic) bond motifs is 1. The van der Waals surface area contributed by atoms with Gasteiger partial charge in [-0.2, -0.15) is 0 Å². The van der Waals surface area contributed by atoms with Crippen LogP contribution in [0.25, 0.3) is 17.0 Å². The zero-order valence-electron chi connectivity index (χ0n) is 15.0. The van der Waals surface area contributed by atoms with Crippen LogP contribution < -0.4 is 10.6 Å². The van der Waals surface area contributed by atoms with Crippen molar-refractivity contribution in [2.45, 2.75) is 24.6 Å². The van der Waals surface area contributed by atoms with Crippen LogP contribution in [0.5, 0.6) is 0 Å². The Bertz CT molecular complexity index is 1010. The van der Waals surface area contributed by atoms with Gasteiger partial charge in [0.1, 0.15) is 11.9 Å². The van der Waals surface area contributed by atoms with E-state index in [0.717, 1.165) is 11.9 Å². The van der Waals surface area contributed by atoms with Crippen LogP contribution in [0.4, 0.5) is 14.7 Å². The van der Waals surface area contributed by atoms with E-state index in [9.17, 15) is 8.78 Å². The average molecular weight is 387 g/mol. The maximum absolute atomic E-state index is 14.5. The molecule has 2 fully saturated rings. The fourth-order valence-corrected chi connectivity index (χ4v) is 3.45. The van der Waals surface area contributed by atoms with Crippen LogP contribution in [0.2, 0.25) is 0 Å². The number of alkyl halides is 1. The summed E-state index contributed by atoms with van der Waals surface area (Å²) in [5, 5.41) is 6.10. The summed E-state index contributed by atoms with van der Waals surface area (Å²) >= 11 is 0. The van der Waals surface area contributed by atoms with Crippen molar-refractivity contribution in [2.24, 2.45) is 0 Å². The van der Waals surface area contributed by atoms with Crippen molar-refractivity contribution < 1.29 is 13.5 Å². The molecule has 2 atom stereocenters. The number of rotatable bonds is 4. The number of hydrogen-bond acceptors (Lipinski definition) is 7. The Morgan fingerprint density at radius 2 is 2.07 bits per heavy atom. The van der Waals surface area contributed by atoms with Gasteiger partial charge in [0.05, 0.1) is 49.2 Å². The van der Waals surface area contributed by atoms with Gasteiger partial charge in [-0.05, 0) is 13.0 Å². The van der Waals surface area contributed by atoms with Gasteiger partial charge in [0.25, 0.3) is 0 Å². The summed E-state index contributed by atoms with van der Waals surface area (Å²) < 4.78 is 35.6. The van der Waals surface area contributed by atoms with Gasteiger partial charge >= 0.3 is 0 Å². The number of hydrogen-bond donors (Lipinski definition) is 2. The van der Waals surface area contributed by atoms with E-state index in [-0.39, 0.29) is 17.6 Å². The summed E-state index contributed by atoms with van der Waals surface area (Å²) in [5.74, 6) is -0.159. The fraction of sp³-hybridized carbons (Fsp3) is 0.444. The highest BCUT2D eigenvalue weighted by molar-refractivity contribution is 5.61. The summed E-state index contributed by atoms with van der Waals surface area (Å²) in [4.78, 5) is 17.0. The Hall–Kier alpha value is -2.72. The molecule has 8 nitrogen and oxygen atoms in total. The van der Waals surface area contributed by atoms with Crippen molar-refractivity contribution in [1.82, 2.24) is 29.7 Å². The summed E-state index contributed by atoms with van der Waals surface area (Å²) in [6.45, 7) is 2.35. The van der Waals surface area contributed by atoms with Crippen molar-refractivity contribution in [1.29, 1.82) is 0 Å². The molecule has 0 bridgehead atoms. The zero-order chi connectivity index (χ0) is 19.1. The van der Waals surface area contributed by atoms with E-state index in [2.05, 4.69) is 30.6 Å². The van der Waals surface area contributed by atoms with E-state index >= 15 is 0 Å². The summed E-state index contributed by atoms with van der Waals surface area (Å²) in [6, 6.07) is -0.455. The Kier molecular flexibility index (Phi) is 4.36. The topological polar surface area (TPSA) is 89.3 Å². The minimum Gasteiger partial charge on any atom is -0.380 e. The van der Waals surface area contributed by atoms with E-state index in [1.54, 1.807) is 16.8 Å². The van der Waals surface area contributed by atoms with Crippen molar-refractivity contribution in [3.05, 3.63) is 36.3 Å². The van der Waals surface area contributed by atoms with Gasteiger partial charge in [-0.1, -0.05) is 0 Å². The summed E-state index contributed by atoms with van der Waals surface area (Å²) in [5.41, 5.74) is 2.04. The molecule has 146 valence electrons. The predicted molar refractivity (Wildman–Crippen MR) is 97.3 cm³/mol. The molecule has 0 aliphatic carbocycles. The second kappa shape index (κ2) is 7.02. The van der Waals surface area contributed by atoms with E-state index in [4.69, 9.17) is 4.74 Å². The lowest BCUT2D eigenvalue weighted by Crippen LogP contribution is -2.46. The number of aromatic nitrogens is 5. The lowest BCUT2D eigenvalue weighted by molar-refractivity contribution is 0.00654. The van der Waals surface area contributed by atoms with E-state index in [0.29, 0.717) is 44.1 Å². The molecule has 2 saturated heterocycles. The van der Waals surface area contributed by atoms with E-state index in [1.807, 2.05) is 6.20 Å². The molecule has 2 unspecified atom stereocenters.